The molecule has 1 aliphatic heterocycles. The summed E-state index contributed by atoms with van der Waals surface area (Å²) in [5.74, 6) is 0. The van der Waals surface area contributed by atoms with E-state index in [1.165, 1.54) is 31.5 Å². The SMILES string of the molecule is C=C(CNC(C)(C)C)CN1CCCC(C)(C)C1. The molecule has 1 N–H and O–H groups in total. The predicted molar refractivity (Wildman–Crippen MR) is 76.4 cm³/mol. The average molecular weight is 238 g/mol. The van der Waals surface area contributed by atoms with Gasteiger partial charge in [0.15, 0.2) is 0 Å². The van der Waals surface area contributed by atoms with Gasteiger partial charge >= 0.3 is 0 Å². The van der Waals surface area contributed by atoms with Crippen LogP contribution in [0.15, 0.2) is 12.2 Å². The summed E-state index contributed by atoms with van der Waals surface area (Å²) in [4.78, 5) is 2.55. The molecule has 0 unspecified atom stereocenters. The van der Waals surface area contributed by atoms with Crippen LogP contribution >= 0.6 is 0 Å². The van der Waals surface area contributed by atoms with Crippen molar-refractivity contribution >= 4 is 0 Å². The first-order chi connectivity index (χ1) is 7.68. The second-order valence-corrected chi connectivity index (χ2v) is 7.33. The molecular formula is C15H30N2. The number of likely N-dealkylation sites (tertiary alicyclic amines) is 1. The van der Waals surface area contributed by atoms with E-state index in [-0.39, 0.29) is 5.54 Å². The van der Waals surface area contributed by atoms with Crippen molar-refractivity contribution in [3.05, 3.63) is 12.2 Å². The van der Waals surface area contributed by atoms with Gasteiger partial charge in [-0.1, -0.05) is 20.4 Å². The second kappa shape index (κ2) is 5.53. The quantitative estimate of drug-likeness (QED) is 0.757. The maximum Gasteiger partial charge on any atom is 0.0203 e. The predicted octanol–water partition coefficient (Wildman–Crippen LogP) is 3.05. The van der Waals surface area contributed by atoms with Gasteiger partial charge in [-0.15, -0.1) is 0 Å². The van der Waals surface area contributed by atoms with Gasteiger partial charge in [-0.3, -0.25) is 4.90 Å². The minimum atomic E-state index is 0.185. The third-order valence-electron chi connectivity index (χ3n) is 3.30. The van der Waals surface area contributed by atoms with Gasteiger partial charge in [0, 0.05) is 25.2 Å². The van der Waals surface area contributed by atoms with Crippen LogP contribution in [0.3, 0.4) is 0 Å². The molecule has 1 rings (SSSR count). The molecule has 2 nitrogen and oxygen atoms in total. The Balaban J connectivity index is 2.31. The summed E-state index contributed by atoms with van der Waals surface area (Å²) in [6.07, 6.45) is 2.68. The topological polar surface area (TPSA) is 15.3 Å². The summed E-state index contributed by atoms with van der Waals surface area (Å²) in [5, 5.41) is 3.51. The number of rotatable bonds is 4. The summed E-state index contributed by atoms with van der Waals surface area (Å²) >= 11 is 0. The Morgan fingerprint density at radius 2 is 2.00 bits per heavy atom. The zero-order chi connectivity index (χ0) is 13.1. The molecule has 1 fully saturated rings. The molecule has 0 aliphatic carbocycles. The first-order valence-corrected chi connectivity index (χ1v) is 6.82. The number of hydrogen-bond donors (Lipinski definition) is 1. The van der Waals surface area contributed by atoms with Crippen LogP contribution in [0, 0.1) is 5.41 Å². The molecule has 0 radical (unpaired) electrons. The number of nitrogens with one attached hydrogen (secondary N) is 1. The smallest absolute Gasteiger partial charge is 0.0203 e. The Labute approximate surface area is 107 Å². The molecule has 0 aromatic heterocycles. The lowest BCUT2D eigenvalue weighted by molar-refractivity contribution is 0.126. The van der Waals surface area contributed by atoms with Gasteiger partial charge < -0.3 is 5.32 Å². The minimum Gasteiger partial charge on any atom is -0.308 e. The normalized spacial score (nSPS) is 21.5. The van der Waals surface area contributed by atoms with Gasteiger partial charge in [0.05, 0.1) is 0 Å². The van der Waals surface area contributed by atoms with Crippen LogP contribution < -0.4 is 5.32 Å². The number of nitrogens with zero attached hydrogens (tertiary/aromatic N) is 1. The molecule has 1 heterocycles. The maximum absolute atomic E-state index is 4.20. The van der Waals surface area contributed by atoms with Gasteiger partial charge in [-0.2, -0.15) is 0 Å². The van der Waals surface area contributed by atoms with Crippen LogP contribution in [-0.2, 0) is 0 Å². The summed E-state index contributed by atoms with van der Waals surface area (Å²) < 4.78 is 0. The van der Waals surface area contributed by atoms with E-state index in [9.17, 15) is 0 Å². The van der Waals surface area contributed by atoms with Crippen molar-refractivity contribution in [2.75, 3.05) is 26.2 Å². The molecule has 0 amide bonds. The van der Waals surface area contributed by atoms with Crippen LogP contribution in [0.25, 0.3) is 0 Å². The molecule has 1 aliphatic rings. The summed E-state index contributed by atoms with van der Waals surface area (Å²) in [6, 6.07) is 0. The van der Waals surface area contributed by atoms with Crippen molar-refractivity contribution in [2.24, 2.45) is 5.41 Å². The molecule has 0 aromatic rings. The highest BCUT2D eigenvalue weighted by atomic mass is 15.1. The van der Waals surface area contributed by atoms with Crippen molar-refractivity contribution < 1.29 is 0 Å². The number of hydrogen-bond acceptors (Lipinski definition) is 2. The number of piperidine rings is 1. The van der Waals surface area contributed by atoms with Crippen LogP contribution in [0.4, 0.5) is 0 Å². The molecule has 0 bridgehead atoms. The minimum absolute atomic E-state index is 0.185. The fourth-order valence-electron chi connectivity index (χ4n) is 2.44. The van der Waals surface area contributed by atoms with E-state index in [1.54, 1.807) is 0 Å². The highest BCUT2D eigenvalue weighted by Crippen LogP contribution is 2.28. The van der Waals surface area contributed by atoms with Crippen LogP contribution in [0.5, 0.6) is 0 Å². The molecule has 100 valence electrons. The molecule has 0 atom stereocenters. The van der Waals surface area contributed by atoms with E-state index in [4.69, 9.17) is 0 Å². The van der Waals surface area contributed by atoms with E-state index in [0.717, 1.165) is 13.1 Å². The van der Waals surface area contributed by atoms with Gasteiger partial charge in [0.1, 0.15) is 0 Å². The lowest BCUT2D eigenvalue weighted by atomic mass is 9.84. The van der Waals surface area contributed by atoms with Crippen LogP contribution in [0.2, 0.25) is 0 Å². The summed E-state index contributed by atoms with van der Waals surface area (Å²) in [7, 11) is 0. The van der Waals surface area contributed by atoms with Crippen LogP contribution in [0.1, 0.15) is 47.5 Å². The van der Waals surface area contributed by atoms with Crippen LogP contribution in [-0.4, -0.2) is 36.6 Å². The first kappa shape index (κ1) is 14.7. The highest BCUT2D eigenvalue weighted by Gasteiger charge is 2.26. The van der Waals surface area contributed by atoms with E-state index < -0.39 is 0 Å². The molecule has 2 heteroatoms. The third kappa shape index (κ3) is 6.23. The summed E-state index contributed by atoms with van der Waals surface area (Å²) in [5.41, 5.74) is 1.97. The molecule has 0 spiro atoms. The fraction of sp³-hybridized carbons (Fsp3) is 0.867. The standard InChI is InChI=1S/C15H30N2/c1-13(10-16-14(2,3)4)11-17-9-7-8-15(5,6)12-17/h16H,1,7-12H2,2-6H3. The Bertz CT molecular complexity index is 261. The highest BCUT2D eigenvalue weighted by molar-refractivity contribution is 5.02. The third-order valence-corrected chi connectivity index (χ3v) is 3.30. The molecule has 1 saturated heterocycles. The zero-order valence-electron chi connectivity index (χ0n) is 12.4. The van der Waals surface area contributed by atoms with Gasteiger partial charge in [0.2, 0.25) is 0 Å². The largest absolute Gasteiger partial charge is 0.308 e. The van der Waals surface area contributed by atoms with E-state index in [2.05, 4.69) is 51.4 Å². The molecule has 0 saturated carbocycles. The maximum atomic E-state index is 4.20. The molecule has 17 heavy (non-hydrogen) atoms. The van der Waals surface area contributed by atoms with Gasteiger partial charge in [-0.25, -0.2) is 0 Å². The fourth-order valence-corrected chi connectivity index (χ4v) is 2.44. The van der Waals surface area contributed by atoms with Crippen molar-refractivity contribution in [3.63, 3.8) is 0 Å². The van der Waals surface area contributed by atoms with Gasteiger partial charge in [0.25, 0.3) is 0 Å². The second-order valence-electron chi connectivity index (χ2n) is 7.33. The molecule has 0 aromatic carbocycles. The van der Waals surface area contributed by atoms with Gasteiger partial charge in [-0.05, 0) is 51.1 Å². The van der Waals surface area contributed by atoms with Crippen molar-refractivity contribution in [3.8, 4) is 0 Å². The molecular weight excluding hydrogens is 208 g/mol. The summed E-state index contributed by atoms with van der Waals surface area (Å²) in [6.45, 7) is 20.0. The Kier molecular flexibility index (Phi) is 4.79. The Morgan fingerprint density at radius 1 is 1.35 bits per heavy atom. The lowest BCUT2D eigenvalue weighted by Crippen LogP contribution is -2.43. The first-order valence-electron chi connectivity index (χ1n) is 6.82. The van der Waals surface area contributed by atoms with E-state index in [1.807, 2.05) is 0 Å². The lowest BCUT2D eigenvalue weighted by Gasteiger charge is -2.38. The van der Waals surface area contributed by atoms with E-state index in [0.29, 0.717) is 5.41 Å². The van der Waals surface area contributed by atoms with E-state index >= 15 is 0 Å². The van der Waals surface area contributed by atoms with Crippen molar-refractivity contribution in [1.29, 1.82) is 0 Å². The average Bonchev–Trinajstić information content (AvgIpc) is 2.12. The Hall–Kier alpha value is -0.340. The monoisotopic (exact) mass is 238 g/mol. The van der Waals surface area contributed by atoms with Crippen molar-refractivity contribution in [2.45, 2.75) is 53.0 Å². The zero-order valence-corrected chi connectivity index (χ0v) is 12.4. The van der Waals surface area contributed by atoms with Crippen molar-refractivity contribution in [1.82, 2.24) is 10.2 Å². The Morgan fingerprint density at radius 3 is 2.53 bits per heavy atom.